The predicted octanol–water partition coefficient (Wildman–Crippen LogP) is 7.50. The van der Waals surface area contributed by atoms with Crippen molar-refractivity contribution in [3.05, 3.63) is 136 Å². The van der Waals surface area contributed by atoms with Crippen molar-refractivity contribution in [2.75, 3.05) is 18.1 Å². The minimum Gasteiger partial charge on any atom is -0.465 e. The van der Waals surface area contributed by atoms with Gasteiger partial charge in [0.1, 0.15) is 0 Å². The van der Waals surface area contributed by atoms with Gasteiger partial charge in [0, 0.05) is 22.3 Å². The summed E-state index contributed by atoms with van der Waals surface area (Å²) in [7, 11) is 0. The molecule has 0 unspecified atom stereocenters. The number of hydrogen-bond acceptors (Lipinski definition) is 4. The highest BCUT2D eigenvalue weighted by atomic mass is 19.4. The molecule has 5 aromatic rings. The number of halogens is 3. The first-order chi connectivity index (χ1) is 21.2. The summed E-state index contributed by atoms with van der Waals surface area (Å²) in [5, 5.41) is 10.8. The van der Waals surface area contributed by atoms with Gasteiger partial charge in [-0.2, -0.15) is 13.2 Å². The first-order valence-electron chi connectivity index (χ1n) is 13.8. The molecule has 1 aromatic heterocycles. The topological polar surface area (TPSA) is 91.9 Å². The second-order valence-electron chi connectivity index (χ2n) is 10.1. The van der Waals surface area contributed by atoms with Gasteiger partial charge in [-0.1, -0.05) is 84.9 Å². The van der Waals surface area contributed by atoms with Gasteiger partial charge in [0.05, 0.1) is 38.0 Å². The van der Waals surface area contributed by atoms with Crippen LogP contribution in [0.25, 0.3) is 22.0 Å². The molecule has 4 aromatic carbocycles. The molecule has 0 bridgehead atoms. The van der Waals surface area contributed by atoms with Crippen LogP contribution in [0.4, 0.5) is 23.7 Å². The van der Waals surface area contributed by atoms with E-state index in [1.54, 1.807) is 0 Å². The maximum Gasteiger partial charge on any atom is 0.417 e. The van der Waals surface area contributed by atoms with Gasteiger partial charge in [0.2, 0.25) is 0 Å². The third kappa shape index (κ3) is 7.34. The first kappa shape index (κ1) is 30.5. The smallest absolute Gasteiger partial charge is 0.417 e. The summed E-state index contributed by atoms with van der Waals surface area (Å²) in [6.45, 7) is 0.501. The number of hydrogen-bond donors (Lipinski definition) is 2. The van der Waals surface area contributed by atoms with Gasteiger partial charge in [-0.15, -0.1) is 0 Å². The number of rotatable bonds is 11. The van der Waals surface area contributed by atoms with Crippen molar-refractivity contribution in [1.29, 1.82) is 0 Å². The van der Waals surface area contributed by atoms with Crippen LogP contribution in [-0.2, 0) is 28.9 Å². The highest BCUT2D eigenvalue weighted by Gasteiger charge is 2.33. The van der Waals surface area contributed by atoms with E-state index < -0.39 is 29.4 Å². The maximum absolute atomic E-state index is 13.6. The lowest BCUT2D eigenvalue weighted by Gasteiger charge is -2.29. The van der Waals surface area contributed by atoms with Crippen molar-refractivity contribution in [3.63, 3.8) is 0 Å². The number of H-pyrrole nitrogens is 1. The molecule has 0 saturated carbocycles. The zero-order chi connectivity index (χ0) is 31.1. The number of anilines is 1. The number of amides is 1. The largest absolute Gasteiger partial charge is 0.465 e. The number of pyridine rings is 1. The van der Waals surface area contributed by atoms with E-state index in [0.717, 1.165) is 22.1 Å². The molecule has 0 aliphatic heterocycles. The van der Waals surface area contributed by atoms with E-state index in [1.165, 1.54) is 42.5 Å². The van der Waals surface area contributed by atoms with Crippen LogP contribution in [-0.4, -0.2) is 35.4 Å². The number of aromatic amines is 1. The fourth-order valence-electron chi connectivity index (χ4n) is 4.96. The van der Waals surface area contributed by atoms with Crippen LogP contribution in [0.15, 0.2) is 114 Å². The Labute approximate surface area is 251 Å². The number of carboxylic acid groups (broad SMARTS) is 1. The Morgan fingerprint density at radius 2 is 1.36 bits per heavy atom. The SMILES string of the molecule is O=C(O)N(c1ccc2cc(-c3ccccc3C(F)(F)F)[nH]c(=O)c2c1)C(COCc1ccccc1)COCc1ccccc1. The molecule has 44 heavy (non-hydrogen) atoms. The van der Waals surface area contributed by atoms with E-state index in [2.05, 4.69) is 4.98 Å². The highest BCUT2D eigenvalue weighted by molar-refractivity contribution is 5.93. The third-order valence-corrected chi connectivity index (χ3v) is 7.05. The van der Waals surface area contributed by atoms with Crippen LogP contribution >= 0.6 is 0 Å². The first-order valence-corrected chi connectivity index (χ1v) is 13.8. The zero-order valence-corrected chi connectivity index (χ0v) is 23.5. The fraction of sp³-hybridized carbons (Fsp3) is 0.176. The molecule has 0 aliphatic carbocycles. The summed E-state index contributed by atoms with van der Waals surface area (Å²) in [5.41, 5.74) is 0.324. The van der Waals surface area contributed by atoms with Crippen LogP contribution in [0.1, 0.15) is 16.7 Å². The Morgan fingerprint density at radius 1 is 0.795 bits per heavy atom. The third-order valence-electron chi connectivity index (χ3n) is 7.05. The van der Waals surface area contributed by atoms with Crippen molar-refractivity contribution >= 4 is 22.6 Å². The van der Waals surface area contributed by atoms with Crippen molar-refractivity contribution in [1.82, 2.24) is 4.98 Å². The summed E-state index contributed by atoms with van der Waals surface area (Å²) in [4.78, 5) is 29.4. The number of nitrogens with zero attached hydrogens (tertiary/aromatic N) is 1. The number of aromatic nitrogens is 1. The lowest BCUT2D eigenvalue weighted by molar-refractivity contribution is -0.137. The molecule has 1 heterocycles. The summed E-state index contributed by atoms with van der Waals surface area (Å²) >= 11 is 0. The van der Waals surface area contributed by atoms with Crippen molar-refractivity contribution in [2.45, 2.75) is 25.4 Å². The standard InChI is InChI=1S/C34H29F3N2O5/c35-34(36,37)30-14-8-7-13-28(30)31-17-25-15-16-26(18-29(25)32(40)38-31)39(33(41)42)27(21-43-19-23-9-3-1-4-10-23)22-44-20-24-11-5-2-6-12-24/h1-18,27H,19-22H2,(H,38,40)(H,41,42). The number of carbonyl (C=O) groups is 1. The van der Waals surface area contributed by atoms with E-state index in [1.807, 2.05) is 60.7 Å². The molecule has 0 spiro atoms. The molecule has 0 saturated heterocycles. The Kier molecular flexibility index (Phi) is 9.42. The van der Waals surface area contributed by atoms with Crippen LogP contribution in [0.3, 0.4) is 0 Å². The second-order valence-corrected chi connectivity index (χ2v) is 10.1. The fourth-order valence-corrected chi connectivity index (χ4v) is 4.96. The maximum atomic E-state index is 13.6. The van der Waals surface area contributed by atoms with E-state index >= 15 is 0 Å². The van der Waals surface area contributed by atoms with E-state index in [0.29, 0.717) is 5.39 Å². The van der Waals surface area contributed by atoms with Crippen molar-refractivity contribution < 1.29 is 32.5 Å². The highest BCUT2D eigenvalue weighted by Crippen LogP contribution is 2.36. The van der Waals surface area contributed by atoms with Gasteiger partial charge in [0.25, 0.3) is 5.56 Å². The Balaban J connectivity index is 1.45. The molecule has 226 valence electrons. The summed E-state index contributed by atoms with van der Waals surface area (Å²) in [5.74, 6) is 0. The summed E-state index contributed by atoms with van der Waals surface area (Å²) in [6.07, 6.45) is -5.90. The minimum atomic E-state index is -4.62. The monoisotopic (exact) mass is 602 g/mol. The van der Waals surface area contributed by atoms with E-state index in [-0.39, 0.29) is 48.8 Å². The lowest BCUT2D eigenvalue weighted by atomic mass is 10.0. The van der Waals surface area contributed by atoms with Crippen LogP contribution < -0.4 is 10.5 Å². The van der Waals surface area contributed by atoms with Crippen molar-refractivity contribution in [3.8, 4) is 11.3 Å². The molecule has 0 atom stereocenters. The average Bonchev–Trinajstić information content (AvgIpc) is 3.01. The molecule has 0 radical (unpaired) electrons. The Morgan fingerprint density at radius 3 is 1.93 bits per heavy atom. The number of benzene rings is 4. The Bertz CT molecular complexity index is 1730. The van der Waals surface area contributed by atoms with Crippen LogP contribution in [0.2, 0.25) is 0 Å². The second kappa shape index (κ2) is 13.6. The van der Waals surface area contributed by atoms with Crippen molar-refractivity contribution in [2.24, 2.45) is 0 Å². The van der Waals surface area contributed by atoms with Crippen LogP contribution in [0, 0.1) is 0 Å². The quantitative estimate of drug-likeness (QED) is 0.163. The van der Waals surface area contributed by atoms with Gasteiger partial charge in [-0.05, 0) is 40.8 Å². The molecule has 1 amide bonds. The molecule has 10 heteroatoms. The number of alkyl halides is 3. The molecule has 0 aliphatic rings. The number of fused-ring (bicyclic) bond motifs is 1. The van der Waals surface area contributed by atoms with Gasteiger partial charge in [-0.3, -0.25) is 9.69 Å². The molecule has 5 rings (SSSR count). The minimum absolute atomic E-state index is 0.000217. The van der Waals surface area contributed by atoms with E-state index in [9.17, 15) is 27.9 Å². The summed E-state index contributed by atoms with van der Waals surface area (Å²) in [6, 6.07) is 28.9. The molecule has 7 nitrogen and oxygen atoms in total. The molecular formula is C34H29F3N2O5. The summed E-state index contributed by atoms with van der Waals surface area (Å²) < 4.78 is 52.7. The van der Waals surface area contributed by atoms with Gasteiger partial charge in [-0.25, -0.2) is 4.79 Å². The number of ether oxygens (including phenoxy) is 2. The van der Waals surface area contributed by atoms with Gasteiger partial charge < -0.3 is 19.6 Å². The van der Waals surface area contributed by atoms with Gasteiger partial charge in [0.15, 0.2) is 0 Å². The van der Waals surface area contributed by atoms with Crippen LogP contribution in [0.5, 0.6) is 0 Å². The lowest BCUT2D eigenvalue weighted by Crippen LogP contribution is -2.45. The molecule has 0 fully saturated rings. The predicted molar refractivity (Wildman–Crippen MR) is 161 cm³/mol. The average molecular weight is 603 g/mol. The zero-order valence-electron chi connectivity index (χ0n) is 23.5. The number of nitrogens with one attached hydrogen (secondary N) is 1. The normalized spacial score (nSPS) is 11.6. The van der Waals surface area contributed by atoms with Gasteiger partial charge >= 0.3 is 12.3 Å². The molecular weight excluding hydrogens is 573 g/mol. The Hall–Kier alpha value is -4.93. The van der Waals surface area contributed by atoms with E-state index in [4.69, 9.17) is 9.47 Å². The molecule has 2 N–H and O–H groups in total.